The second-order valence-electron chi connectivity index (χ2n) is 7.03. The molecule has 0 saturated carbocycles. The number of hydroxylamine groups is 1. The Hall–Kier alpha value is -2.67. The van der Waals surface area contributed by atoms with Crippen LogP contribution in [0.2, 0.25) is 0 Å². The summed E-state index contributed by atoms with van der Waals surface area (Å²) >= 11 is 7.02. The Morgan fingerprint density at radius 3 is 2.33 bits per heavy atom. The van der Waals surface area contributed by atoms with Crippen molar-refractivity contribution in [1.29, 1.82) is 0 Å². The zero-order valence-corrected chi connectivity index (χ0v) is 18.8. The molecule has 0 bridgehead atoms. The number of benzene rings is 3. The van der Waals surface area contributed by atoms with Gasteiger partial charge in [0.1, 0.15) is 6.10 Å². The summed E-state index contributed by atoms with van der Waals surface area (Å²) < 4.78 is 1.95. The lowest BCUT2D eigenvalue weighted by Gasteiger charge is -2.14. The zero-order chi connectivity index (χ0) is 20.7. The molecule has 30 heavy (non-hydrogen) atoms. The monoisotopic (exact) mass is 522 g/mol. The van der Waals surface area contributed by atoms with Crippen LogP contribution in [0.4, 0.5) is 0 Å². The molecule has 1 atom stereocenters. The first-order valence-electron chi connectivity index (χ1n) is 9.40. The van der Waals surface area contributed by atoms with E-state index in [9.17, 15) is 4.79 Å². The molecule has 0 aliphatic carbocycles. The van der Waals surface area contributed by atoms with Crippen molar-refractivity contribution in [3.05, 3.63) is 109 Å². The van der Waals surface area contributed by atoms with E-state index in [1.807, 2.05) is 78.9 Å². The molecule has 0 fully saturated rings. The quantitative estimate of drug-likeness (QED) is 0.329. The summed E-state index contributed by atoms with van der Waals surface area (Å²) in [6, 6.07) is 23.7. The maximum Gasteiger partial charge on any atom is 0.258 e. The zero-order valence-electron chi connectivity index (χ0n) is 15.7. The summed E-state index contributed by atoms with van der Waals surface area (Å²) in [5.41, 5.74) is 7.67. The van der Waals surface area contributed by atoms with E-state index in [-0.39, 0.29) is 11.7 Å². The lowest BCUT2D eigenvalue weighted by Crippen LogP contribution is -2.19. The molecule has 2 N–H and O–H groups in total. The first-order valence-corrected chi connectivity index (χ1v) is 11.0. The first-order chi connectivity index (χ1) is 14.6. The van der Waals surface area contributed by atoms with Crippen LogP contribution in [0.25, 0.3) is 27.7 Å². The second-order valence-corrected chi connectivity index (χ2v) is 8.86. The Bertz CT molecular complexity index is 1330. The molecule has 1 aromatic heterocycles. The van der Waals surface area contributed by atoms with Crippen molar-refractivity contribution in [1.82, 2.24) is 10.5 Å². The molecule has 0 amide bonds. The van der Waals surface area contributed by atoms with Gasteiger partial charge in [0.15, 0.2) is 0 Å². The summed E-state index contributed by atoms with van der Waals surface area (Å²) in [7, 11) is 0. The van der Waals surface area contributed by atoms with Gasteiger partial charge in [-0.25, -0.2) is 0 Å². The predicted octanol–water partition coefficient (Wildman–Crippen LogP) is 6.34. The van der Waals surface area contributed by atoms with Gasteiger partial charge in [0.2, 0.25) is 0 Å². The fourth-order valence-corrected chi connectivity index (χ4v) is 4.35. The third-order valence-corrected chi connectivity index (χ3v) is 6.14. The Labute approximate surface area is 189 Å². The van der Waals surface area contributed by atoms with Crippen LogP contribution >= 0.6 is 31.9 Å². The van der Waals surface area contributed by atoms with Gasteiger partial charge in [-0.2, -0.15) is 0 Å². The molecule has 5 rings (SSSR count). The van der Waals surface area contributed by atoms with E-state index in [2.05, 4.69) is 42.3 Å². The predicted molar refractivity (Wildman–Crippen MR) is 127 cm³/mol. The van der Waals surface area contributed by atoms with Crippen molar-refractivity contribution < 1.29 is 4.84 Å². The van der Waals surface area contributed by atoms with Crippen LogP contribution in [0.3, 0.4) is 0 Å². The highest BCUT2D eigenvalue weighted by molar-refractivity contribution is 9.10. The molecule has 3 aromatic carbocycles. The number of hydrogen-bond acceptors (Lipinski definition) is 3. The van der Waals surface area contributed by atoms with Crippen LogP contribution in [-0.2, 0) is 4.84 Å². The van der Waals surface area contributed by atoms with Crippen LogP contribution in [-0.4, -0.2) is 4.98 Å². The SMILES string of the molecule is O=c1[nH]c2ccc(Br)cc2c(-c2ccccc2)c1C1=C[C@@H](c2ccc(Br)cc2)ON1. The van der Waals surface area contributed by atoms with Crippen molar-refractivity contribution >= 4 is 48.5 Å². The molecule has 4 aromatic rings. The standard InChI is InChI=1S/C24H16Br2N2O2/c25-16-8-6-14(7-9-16)21-13-20(28-30-21)23-22(15-4-2-1-3-5-15)18-12-17(26)10-11-19(18)27-24(23)29/h1-13,21,28H,(H,27,29)/t21-/m0/s1. The van der Waals surface area contributed by atoms with Crippen molar-refractivity contribution in [2.24, 2.45) is 0 Å². The molecule has 0 radical (unpaired) electrons. The Kier molecular flexibility index (Phi) is 5.06. The van der Waals surface area contributed by atoms with Crippen LogP contribution in [0.1, 0.15) is 17.2 Å². The molecule has 2 heterocycles. The topological polar surface area (TPSA) is 54.1 Å². The fraction of sp³-hybridized carbons (Fsp3) is 0.0417. The Balaban J connectivity index is 1.73. The molecule has 0 unspecified atom stereocenters. The van der Waals surface area contributed by atoms with E-state index >= 15 is 0 Å². The molecule has 6 heteroatoms. The second kappa shape index (κ2) is 7.87. The van der Waals surface area contributed by atoms with E-state index < -0.39 is 0 Å². The maximum absolute atomic E-state index is 13.2. The summed E-state index contributed by atoms with van der Waals surface area (Å²) in [5, 5.41) is 0.958. The summed E-state index contributed by atoms with van der Waals surface area (Å²) in [6.07, 6.45) is 1.67. The van der Waals surface area contributed by atoms with Gasteiger partial charge in [0, 0.05) is 25.4 Å². The van der Waals surface area contributed by atoms with E-state index in [1.165, 1.54) is 0 Å². The van der Waals surface area contributed by atoms with E-state index in [4.69, 9.17) is 4.84 Å². The van der Waals surface area contributed by atoms with E-state index in [1.54, 1.807) is 0 Å². The molecular weight excluding hydrogens is 508 g/mol. The molecule has 1 aliphatic heterocycles. The molecular formula is C24H16Br2N2O2. The van der Waals surface area contributed by atoms with Crippen molar-refractivity contribution in [2.75, 3.05) is 0 Å². The molecule has 1 aliphatic rings. The van der Waals surface area contributed by atoms with Gasteiger partial charge in [0.05, 0.1) is 11.3 Å². The number of rotatable bonds is 3. The average molecular weight is 524 g/mol. The minimum Gasteiger partial charge on any atom is -0.321 e. The maximum atomic E-state index is 13.2. The van der Waals surface area contributed by atoms with Crippen LogP contribution in [0, 0.1) is 0 Å². The van der Waals surface area contributed by atoms with Gasteiger partial charge in [0.25, 0.3) is 5.56 Å². The third-order valence-electron chi connectivity index (χ3n) is 5.12. The lowest BCUT2D eigenvalue weighted by atomic mass is 9.94. The number of hydrogen-bond donors (Lipinski definition) is 2. The first kappa shape index (κ1) is 19.3. The van der Waals surface area contributed by atoms with Crippen molar-refractivity contribution in [2.45, 2.75) is 6.10 Å². The summed E-state index contributed by atoms with van der Waals surface area (Å²) in [6.45, 7) is 0. The fourth-order valence-electron chi connectivity index (χ4n) is 3.72. The van der Waals surface area contributed by atoms with Gasteiger partial charge >= 0.3 is 0 Å². The highest BCUT2D eigenvalue weighted by atomic mass is 79.9. The number of aromatic nitrogens is 1. The average Bonchev–Trinajstić information content (AvgIpc) is 3.24. The van der Waals surface area contributed by atoms with Crippen LogP contribution < -0.4 is 11.0 Å². The van der Waals surface area contributed by atoms with Gasteiger partial charge in [-0.05, 0) is 47.5 Å². The van der Waals surface area contributed by atoms with E-state index in [0.717, 1.165) is 36.5 Å². The number of fused-ring (bicyclic) bond motifs is 1. The van der Waals surface area contributed by atoms with Crippen LogP contribution in [0.5, 0.6) is 0 Å². The smallest absolute Gasteiger partial charge is 0.258 e. The molecule has 0 spiro atoms. The minimum atomic E-state index is -0.283. The third kappa shape index (κ3) is 3.51. The molecule has 4 nitrogen and oxygen atoms in total. The molecule has 148 valence electrons. The summed E-state index contributed by atoms with van der Waals surface area (Å²) in [5.74, 6) is 0. The summed E-state index contributed by atoms with van der Waals surface area (Å²) in [4.78, 5) is 22.0. The normalized spacial score (nSPS) is 15.8. The van der Waals surface area contributed by atoms with Crippen molar-refractivity contribution in [3.8, 4) is 11.1 Å². The number of aromatic amines is 1. The largest absolute Gasteiger partial charge is 0.321 e. The molecule has 0 saturated heterocycles. The number of halogens is 2. The van der Waals surface area contributed by atoms with Gasteiger partial charge in [-0.1, -0.05) is 74.3 Å². The van der Waals surface area contributed by atoms with Crippen molar-refractivity contribution in [3.63, 3.8) is 0 Å². The Morgan fingerprint density at radius 1 is 0.833 bits per heavy atom. The highest BCUT2D eigenvalue weighted by Gasteiger charge is 2.25. The van der Waals surface area contributed by atoms with Gasteiger partial charge in [-0.15, -0.1) is 0 Å². The number of pyridine rings is 1. The number of H-pyrrole nitrogens is 1. The van der Waals surface area contributed by atoms with E-state index in [0.29, 0.717) is 11.3 Å². The highest BCUT2D eigenvalue weighted by Crippen LogP contribution is 2.36. The van der Waals surface area contributed by atoms with Gasteiger partial charge < -0.3 is 4.98 Å². The van der Waals surface area contributed by atoms with Crippen LogP contribution in [0.15, 0.2) is 92.6 Å². The Morgan fingerprint density at radius 2 is 1.57 bits per heavy atom. The number of nitrogens with one attached hydrogen (secondary N) is 2. The lowest BCUT2D eigenvalue weighted by molar-refractivity contribution is 0.0511. The van der Waals surface area contributed by atoms with Gasteiger partial charge in [-0.3, -0.25) is 15.1 Å². The minimum absolute atomic E-state index is 0.164.